The molecule has 232 valence electrons. The predicted octanol–water partition coefficient (Wildman–Crippen LogP) is 12.2. The van der Waals surface area contributed by atoms with Gasteiger partial charge in [0, 0.05) is 25.5 Å². The first kappa shape index (κ1) is 31.7. The van der Waals surface area contributed by atoms with Gasteiger partial charge in [-0.1, -0.05) is 114 Å². The standard InChI is InChI=1S/C39H40Br2N2O2/c1-2-3-4-10-23-39(35-26-30(40)17-21-33(35)34-22-18-31(41)27-36(34)39)24-11-5-6-12-25-44-32-19-15-29(16-20-32)38-43-42-37(45-38)28-13-8-7-9-14-28/h7-9,13-22,26-27H,2-6,10-12,23-25H2,1H3. The van der Waals surface area contributed by atoms with Gasteiger partial charge < -0.3 is 9.15 Å². The Labute approximate surface area is 283 Å². The molecule has 0 spiro atoms. The molecule has 45 heavy (non-hydrogen) atoms. The highest BCUT2D eigenvalue weighted by atomic mass is 79.9. The van der Waals surface area contributed by atoms with Crippen LogP contribution in [0.25, 0.3) is 34.0 Å². The van der Waals surface area contributed by atoms with Crippen molar-refractivity contribution in [2.24, 2.45) is 0 Å². The van der Waals surface area contributed by atoms with Crippen LogP contribution in [0, 0.1) is 0 Å². The normalized spacial score (nSPS) is 13.0. The van der Waals surface area contributed by atoms with E-state index in [2.05, 4.69) is 85.4 Å². The molecule has 0 saturated heterocycles. The summed E-state index contributed by atoms with van der Waals surface area (Å²) in [5, 5.41) is 8.43. The first-order valence-corrected chi connectivity index (χ1v) is 17.9. The minimum atomic E-state index is 0.0739. The SMILES string of the molecule is CCCCCCC1(CCCCCCOc2ccc(-c3nnc(-c4ccccc4)o3)cc2)c2cc(Br)ccc2-c2ccc(Br)cc21. The second-order valence-electron chi connectivity index (χ2n) is 12.1. The lowest BCUT2D eigenvalue weighted by Crippen LogP contribution is -2.25. The third kappa shape index (κ3) is 7.28. The van der Waals surface area contributed by atoms with Gasteiger partial charge in [-0.2, -0.15) is 0 Å². The number of unbranched alkanes of at least 4 members (excludes halogenated alkanes) is 6. The molecule has 4 aromatic carbocycles. The Bertz CT molecular complexity index is 1650. The van der Waals surface area contributed by atoms with Crippen molar-refractivity contribution in [3.63, 3.8) is 0 Å². The Morgan fingerprint density at radius 2 is 1.18 bits per heavy atom. The van der Waals surface area contributed by atoms with Gasteiger partial charge in [-0.25, -0.2) is 0 Å². The highest BCUT2D eigenvalue weighted by Crippen LogP contribution is 2.55. The van der Waals surface area contributed by atoms with Crippen molar-refractivity contribution in [3.05, 3.63) is 111 Å². The quantitative estimate of drug-likeness (QED) is 0.101. The minimum absolute atomic E-state index is 0.0739. The van der Waals surface area contributed by atoms with Crippen LogP contribution >= 0.6 is 31.9 Å². The minimum Gasteiger partial charge on any atom is -0.494 e. The van der Waals surface area contributed by atoms with Crippen LogP contribution in [0.1, 0.15) is 82.3 Å². The summed E-state index contributed by atoms with van der Waals surface area (Å²) in [4.78, 5) is 0. The van der Waals surface area contributed by atoms with E-state index >= 15 is 0 Å². The number of rotatable bonds is 15. The zero-order chi connectivity index (χ0) is 31.1. The molecule has 0 atom stereocenters. The van der Waals surface area contributed by atoms with Crippen LogP contribution in [-0.4, -0.2) is 16.8 Å². The van der Waals surface area contributed by atoms with E-state index in [4.69, 9.17) is 9.15 Å². The zero-order valence-electron chi connectivity index (χ0n) is 25.9. The summed E-state index contributed by atoms with van der Waals surface area (Å²) in [5.41, 5.74) is 7.70. The average Bonchev–Trinajstić information content (AvgIpc) is 3.65. The highest BCUT2D eigenvalue weighted by molar-refractivity contribution is 9.10. The van der Waals surface area contributed by atoms with Gasteiger partial charge in [-0.05, 0) is 102 Å². The van der Waals surface area contributed by atoms with Crippen molar-refractivity contribution in [2.75, 3.05) is 6.61 Å². The van der Waals surface area contributed by atoms with Gasteiger partial charge >= 0.3 is 0 Å². The molecule has 1 aliphatic carbocycles. The number of halogens is 2. The number of aromatic nitrogens is 2. The molecule has 5 aromatic rings. The van der Waals surface area contributed by atoms with Crippen molar-refractivity contribution in [1.29, 1.82) is 0 Å². The summed E-state index contributed by atoms with van der Waals surface area (Å²) in [7, 11) is 0. The summed E-state index contributed by atoms with van der Waals surface area (Å²) in [6, 6.07) is 31.5. The Morgan fingerprint density at radius 1 is 0.622 bits per heavy atom. The Balaban J connectivity index is 1.03. The Kier molecular flexibility index (Phi) is 10.5. The lowest BCUT2D eigenvalue weighted by atomic mass is 9.70. The smallest absolute Gasteiger partial charge is 0.248 e. The topological polar surface area (TPSA) is 48.2 Å². The summed E-state index contributed by atoms with van der Waals surface area (Å²) < 4.78 is 14.3. The number of nitrogens with zero attached hydrogens (tertiary/aromatic N) is 2. The van der Waals surface area contributed by atoms with Gasteiger partial charge in [0.05, 0.1) is 6.61 Å². The Morgan fingerprint density at radius 3 is 1.78 bits per heavy atom. The molecule has 0 aliphatic heterocycles. The lowest BCUT2D eigenvalue weighted by Gasteiger charge is -2.33. The molecular formula is C39H40Br2N2O2. The van der Waals surface area contributed by atoms with Gasteiger partial charge in [-0.3, -0.25) is 0 Å². The maximum absolute atomic E-state index is 6.09. The first-order valence-electron chi connectivity index (χ1n) is 16.3. The summed E-state index contributed by atoms with van der Waals surface area (Å²) in [5.74, 6) is 1.90. The van der Waals surface area contributed by atoms with Gasteiger partial charge in [0.25, 0.3) is 0 Å². The number of ether oxygens (including phenoxy) is 1. The first-order chi connectivity index (χ1) is 22.1. The van der Waals surface area contributed by atoms with E-state index in [1.54, 1.807) is 0 Å². The van der Waals surface area contributed by atoms with E-state index < -0.39 is 0 Å². The molecule has 0 amide bonds. The zero-order valence-corrected chi connectivity index (χ0v) is 29.1. The maximum atomic E-state index is 6.09. The fourth-order valence-electron chi connectivity index (χ4n) is 6.76. The molecule has 0 saturated carbocycles. The fourth-order valence-corrected chi connectivity index (χ4v) is 7.48. The molecule has 0 unspecified atom stereocenters. The van der Waals surface area contributed by atoms with Crippen LogP contribution in [0.5, 0.6) is 5.75 Å². The van der Waals surface area contributed by atoms with Crippen LogP contribution in [-0.2, 0) is 5.41 Å². The van der Waals surface area contributed by atoms with Gasteiger partial charge in [0.15, 0.2) is 0 Å². The van der Waals surface area contributed by atoms with E-state index in [1.165, 1.54) is 82.6 Å². The molecule has 0 bridgehead atoms. The van der Waals surface area contributed by atoms with E-state index in [9.17, 15) is 0 Å². The molecule has 6 heteroatoms. The monoisotopic (exact) mass is 726 g/mol. The molecule has 0 radical (unpaired) electrons. The summed E-state index contributed by atoms with van der Waals surface area (Å²) in [6.45, 7) is 3.01. The van der Waals surface area contributed by atoms with Gasteiger partial charge in [-0.15, -0.1) is 10.2 Å². The average molecular weight is 729 g/mol. The summed E-state index contributed by atoms with van der Waals surface area (Å²) in [6.07, 6.45) is 12.1. The van der Waals surface area contributed by atoms with Crippen LogP contribution in [0.2, 0.25) is 0 Å². The third-order valence-corrected chi connectivity index (χ3v) is 10.0. The van der Waals surface area contributed by atoms with E-state index in [1.807, 2.05) is 54.6 Å². The number of hydrogen-bond donors (Lipinski definition) is 0. The van der Waals surface area contributed by atoms with Crippen molar-refractivity contribution < 1.29 is 9.15 Å². The fraction of sp³-hybridized carbons (Fsp3) is 0.333. The van der Waals surface area contributed by atoms with Crippen LogP contribution in [0.4, 0.5) is 0 Å². The number of benzene rings is 4. The van der Waals surface area contributed by atoms with Gasteiger partial charge in [0.1, 0.15) is 5.75 Å². The summed E-state index contributed by atoms with van der Waals surface area (Å²) >= 11 is 7.58. The second kappa shape index (κ2) is 14.9. The molecule has 0 fully saturated rings. The Hall–Kier alpha value is -3.22. The molecule has 1 aliphatic rings. The largest absolute Gasteiger partial charge is 0.494 e. The molecule has 0 N–H and O–H groups in total. The molecule has 4 nitrogen and oxygen atoms in total. The van der Waals surface area contributed by atoms with E-state index in [0.29, 0.717) is 18.4 Å². The number of fused-ring (bicyclic) bond motifs is 3. The molecule has 1 heterocycles. The van der Waals surface area contributed by atoms with Crippen molar-refractivity contribution in [2.45, 2.75) is 76.5 Å². The van der Waals surface area contributed by atoms with Crippen molar-refractivity contribution in [1.82, 2.24) is 10.2 Å². The highest BCUT2D eigenvalue weighted by Gasteiger charge is 2.42. The molecule has 6 rings (SSSR count). The second-order valence-corrected chi connectivity index (χ2v) is 13.9. The third-order valence-electron chi connectivity index (χ3n) is 9.06. The van der Waals surface area contributed by atoms with Gasteiger partial charge in [0.2, 0.25) is 11.8 Å². The van der Waals surface area contributed by atoms with Crippen LogP contribution in [0.15, 0.2) is 104 Å². The lowest BCUT2D eigenvalue weighted by molar-refractivity contribution is 0.302. The number of hydrogen-bond acceptors (Lipinski definition) is 4. The predicted molar refractivity (Wildman–Crippen MR) is 191 cm³/mol. The van der Waals surface area contributed by atoms with Crippen molar-refractivity contribution in [3.8, 4) is 39.8 Å². The molecular weight excluding hydrogens is 688 g/mol. The van der Waals surface area contributed by atoms with E-state index in [0.717, 1.165) is 29.7 Å². The maximum Gasteiger partial charge on any atom is 0.248 e. The molecule has 1 aromatic heterocycles. The van der Waals surface area contributed by atoms with E-state index in [-0.39, 0.29) is 5.41 Å². The van der Waals surface area contributed by atoms with Crippen molar-refractivity contribution >= 4 is 31.9 Å². The van der Waals surface area contributed by atoms with Crippen LogP contribution < -0.4 is 4.74 Å². The van der Waals surface area contributed by atoms with Crippen LogP contribution in [0.3, 0.4) is 0 Å².